The molecule has 40 heavy (non-hydrogen) atoms. The van der Waals surface area contributed by atoms with Crippen LogP contribution in [0.5, 0.6) is 0 Å². The second kappa shape index (κ2) is 16.7. The van der Waals surface area contributed by atoms with Gasteiger partial charge in [-0.15, -0.1) is 0 Å². The van der Waals surface area contributed by atoms with Gasteiger partial charge in [0.25, 0.3) is 11.8 Å². The second-order valence-electron chi connectivity index (χ2n) is 9.44. The van der Waals surface area contributed by atoms with Crippen molar-refractivity contribution in [3.63, 3.8) is 0 Å². The molecule has 3 amide bonds. The van der Waals surface area contributed by atoms with Crippen molar-refractivity contribution in [1.29, 1.82) is 0 Å². The molecule has 0 unspecified atom stereocenters. The Morgan fingerprint density at radius 3 is 1.98 bits per heavy atom. The molecule has 0 aliphatic heterocycles. The monoisotopic (exact) mass is 546 g/mol. The van der Waals surface area contributed by atoms with Crippen LogP contribution in [0.4, 0.5) is 5.69 Å². The molecule has 1 fully saturated rings. The number of rotatable bonds is 8. The van der Waals surface area contributed by atoms with E-state index in [1.54, 1.807) is 24.3 Å². The molecule has 0 aromatic heterocycles. The van der Waals surface area contributed by atoms with Gasteiger partial charge in [0.1, 0.15) is 6.04 Å². The highest BCUT2D eigenvalue weighted by molar-refractivity contribution is 5.97. The molecule has 9 nitrogen and oxygen atoms in total. The first-order valence-electron chi connectivity index (χ1n) is 13.0. The van der Waals surface area contributed by atoms with Crippen molar-refractivity contribution in [2.45, 2.75) is 71.1 Å². The summed E-state index contributed by atoms with van der Waals surface area (Å²) in [5.41, 5.74) is 3.77. The van der Waals surface area contributed by atoms with Crippen molar-refractivity contribution in [1.82, 2.24) is 16.1 Å². The fourth-order valence-electron chi connectivity index (χ4n) is 4.17. The fourth-order valence-corrected chi connectivity index (χ4v) is 4.17. The maximum atomic E-state index is 12.3. The van der Waals surface area contributed by atoms with Crippen molar-refractivity contribution < 1.29 is 24.7 Å². The SMILES string of the molecule is C.C[C@@H](O)[C@H](NC(=O)c1ccc(C#CC#Cc2ccc(NC(=O)CNC3CCCCCC3)cc2)cc1)C(=O)NO. The standard InChI is InChI=1S/C30H34N4O5.CH4/c1-21(35)28(30(38)34-39)33-29(37)24-16-12-22(13-17-24)8-6-7-9-23-14-18-26(19-15-23)32-27(36)20-31-25-10-4-2-3-5-11-25;/h12-19,21,25,28,31,35,39H,2-5,10-11,20H2,1H3,(H,32,36)(H,33,37)(H,34,38);1H4/t21-,28+;/m1./s1. The van der Waals surface area contributed by atoms with Crippen LogP contribution in [0, 0.1) is 23.7 Å². The predicted molar refractivity (Wildman–Crippen MR) is 154 cm³/mol. The minimum absolute atomic E-state index is 0. The normalized spacial score (nSPS) is 14.4. The molecule has 1 saturated carbocycles. The van der Waals surface area contributed by atoms with Crippen molar-refractivity contribution in [2.24, 2.45) is 0 Å². The van der Waals surface area contributed by atoms with E-state index in [0.717, 1.165) is 18.4 Å². The van der Waals surface area contributed by atoms with E-state index in [2.05, 4.69) is 39.6 Å². The van der Waals surface area contributed by atoms with E-state index < -0.39 is 24.0 Å². The lowest BCUT2D eigenvalue weighted by Crippen LogP contribution is -2.51. The molecule has 0 saturated heterocycles. The Labute approximate surface area is 236 Å². The predicted octanol–water partition coefficient (Wildman–Crippen LogP) is 2.96. The van der Waals surface area contributed by atoms with Crippen molar-refractivity contribution in [3.8, 4) is 23.7 Å². The molecule has 0 heterocycles. The van der Waals surface area contributed by atoms with Gasteiger partial charge in [-0.05, 0) is 80.1 Å². The topological polar surface area (TPSA) is 140 Å². The molecule has 2 aromatic carbocycles. The maximum Gasteiger partial charge on any atom is 0.268 e. The average Bonchev–Trinajstić information content (AvgIpc) is 3.22. The Kier molecular flexibility index (Phi) is 13.4. The number of nitrogens with one attached hydrogen (secondary N) is 4. The van der Waals surface area contributed by atoms with Gasteiger partial charge in [0.05, 0.1) is 12.6 Å². The van der Waals surface area contributed by atoms with Crippen LogP contribution < -0.4 is 21.4 Å². The van der Waals surface area contributed by atoms with Gasteiger partial charge < -0.3 is 21.1 Å². The quantitative estimate of drug-likeness (QED) is 0.130. The van der Waals surface area contributed by atoms with E-state index in [0.29, 0.717) is 23.8 Å². The van der Waals surface area contributed by atoms with Crippen LogP contribution in [0.15, 0.2) is 48.5 Å². The number of carbonyl (C=O) groups is 3. The number of hydrogen-bond acceptors (Lipinski definition) is 6. The van der Waals surface area contributed by atoms with Crippen LogP contribution in [-0.2, 0) is 9.59 Å². The molecule has 3 rings (SSSR count). The first kappa shape index (κ1) is 32.1. The summed E-state index contributed by atoms with van der Waals surface area (Å²) in [5, 5.41) is 27.0. The summed E-state index contributed by atoms with van der Waals surface area (Å²) in [6.45, 7) is 1.63. The zero-order valence-electron chi connectivity index (χ0n) is 21.9. The van der Waals surface area contributed by atoms with Gasteiger partial charge in [0.2, 0.25) is 5.91 Å². The Morgan fingerprint density at radius 1 is 0.900 bits per heavy atom. The molecule has 0 radical (unpaired) electrons. The van der Waals surface area contributed by atoms with E-state index in [1.165, 1.54) is 50.2 Å². The van der Waals surface area contributed by atoms with Crippen LogP contribution >= 0.6 is 0 Å². The third-order valence-electron chi connectivity index (χ3n) is 6.36. The van der Waals surface area contributed by atoms with Crippen LogP contribution in [0.25, 0.3) is 0 Å². The Morgan fingerprint density at radius 2 is 1.45 bits per heavy atom. The van der Waals surface area contributed by atoms with Crippen molar-refractivity contribution in [2.75, 3.05) is 11.9 Å². The minimum atomic E-state index is -1.30. The van der Waals surface area contributed by atoms with Crippen molar-refractivity contribution in [3.05, 3.63) is 65.2 Å². The molecule has 6 N–H and O–H groups in total. The van der Waals surface area contributed by atoms with Gasteiger partial charge in [-0.3, -0.25) is 19.6 Å². The lowest BCUT2D eigenvalue weighted by Gasteiger charge is -2.19. The van der Waals surface area contributed by atoms with Gasteiger partial charge in [-0.25, -0.2) is 5.48 Å². The number of hydrogen-bond donors (Lipinski definition) is 6. The lowest BCUT2D eigenvalue weighted by molar-refractivity contribution is -0.133. The lowest BCUT2D eigenvalue weighted by atomic mass is 10.1. The van der Waals surface area contributed by atoms with Gasteiger partial charge >= 0.3 is 0 Å². The smallest absolute Gasteiger partial charge is 0.268 e. The van der Waals surface area contributed by atoms with E-state index >= 15 is 0 Å². The van der Waals surface area contributed by atoms with E-state index in [4.69, 9.17) is 5.21 Å². The third kappa shape index (κ3) is 10.5. The molecule has 0 spiro atoms. The summed E-state index contributed by atoms with van der Waals surface area (Å²) in [7, 11) is 0. The third-order valence-corrected chi connectivity index (χ3v) is 6.36. The van der Waals surface area contributed by atoms with E-state index in [1.807, 2.05) is 12.1 Å². The molecule has 9 heteroatoms. The summed E-state index contributed by atoms with van der Waals surface area (Å²) in [5.74, 6) is 9.83. The van der Waals surface area contributed by atoms with Gasteiger partial charge in [0.15, 0.2) is 0 Å². The average molecular weight is 547 g/mol. The summed E-state index contributed by atoms with van der Waals surface area (Å²) < 4.78 is 0. The van der Waals surface area contributed by atoms with Gasteiger partial charge in [-0.2, -0.15) is 0 Å². The highest BCUT2D eigenvalue weighted by atomic mass is 16.5. The van der Waals surface area contributed by atoms with Gasteiger partial charge in [0, 0.05) is 28.4 Å². The van der Waals surface area contributed by atoms with E-state index in [-0.39, 0.29) is 18.9 Å². The molecule has 2 atom stereocenters. The number of carbonyl (C=O) groups excluding carboxylic acids is 3. The van der Waals surface area contributed by atoms with Gasteiger partial charge in [-0.1, -0.05) is 45.0 Å². The number of hydroxylamine groups is 1. The first-order valence-corrected chi connectivity index (χ1v) is 13.0. The highest BCUT2D eigenvalue weighted by Gasteiger charge is 2.25. The molecular weight excluding hydrogens is 508 g/mol. The summed E-state index contributed by atoms with van der Waals surface area (Å²) in [6, 6.07) is 12.7. The largest absolute Gasteiger partial charge is 0.391 e. The Hall–Kier alpha value is -4.15. The van der Waals surface area contributed by atoms with E-state index in [9.17, 15) is 19.5 Å². The highest BCUT2D eigenvalue weighted by Crippen LogP contribution is 2.17. The van der Waals surface area contributed by atoms with Crippen molar-refractivity contribution >= 4 is 23.4 Å². The van der Waals surface area contributed by atoms with Crippen LogP contribution in [0.2, 0.25) is 0 Å². The van der Waals surface area contributed by atoms with Crippen LogP contribution in [0.3, 0.4) is 0 Å². The number of aliphatic hydroxyl groups is 1. The zero-order chi connectivity index (χ0) is 28.0. The Balaban J connectivity index is 0.00000560. The number of aliphatic hydroxyl groups excluding tert-OH is 1. The zero-order valence-corrected chi connectivity index (χ0v) is 21.9. The molecule has 1 aliphatic rings. The molecule has 0 bridgehead atoms. The second-order valence-corrected chi connectivity index (χ2v) is 9.44. The molecule has 2 aromatic rings. The summed E-state index contributed by atoms with van der Waals surface area (Å²) >= 11 is 0. The molecular formula is C31H38N4O5. The number of anilines is 1. The van der Waals surface area contributed by atoms with Crippen LogP contribution in [-0.4, -0.2) is 52.8 Å². The number of amides is 3. The molecule has 212 valence electrons. The number of benzene rings is 2. The molecule has 1 aliphatic carbocycles. The maximum absolute atomic E-state index is 12.3. The Bertz CT molecular complexity index is 1240. The summed E-state index contributed by atoms with van der Waals surface area (Å²) in [4.78, 5) is 36.2. The van der Waals surface area contributed by atoms with Crippen LogP contribution in [0.1, 0.15) is 74.4 Å². The first-order chi connectivity index (χ1) is 18.9. The fraction of sp³-hybridized carbons (Fsp3) is 0.387. The summed E-state index contributed by atoms with van der Waals surface area (Å²) in [6.07, 6.45) is 6.06. The minimum Gasteiger partial charge on any atom is -0.391 e.